The highest BCUT2D eigenvalue weighted by Gasteiger charge is 2.36. The van der Waals surface area contributed by atoms with E-state index in [1.165, 1.54) is 5.56 Å². The van der Waals surface area contributed by atoms with Crippen LogP contribution in [-0.4, -0.2) is 31.2 Å². The number of rotatable bonds is 5. The van der Waals surface area contributed by atoms with E-state index in [9.17, 15) is 4.79 Å². The van der Waals surface area contributed by atoms with Gasteiger partial charge in [-0.1, -0.05) is 30.3 Å². The highest BCUT2D eigenvalue weighted by atomic mass is 32.2. The van der Waals surface area contributed by atoms with Gasteiger partial charge in [0.05, 0.1) is 25.2 Å². The maximum Gasteiger partial charge on any atom is 0.408 e. The molecule has 2 aromatic carbocycles. The SMILES string of the molecule is COc1cccc(OC)c1S[C@H]1Cc2ccccc2[C@@H]1NC(=O)OC(C)(C)C. The molecule has 0 aromatic heterocycles. The smallest absolute Gasteiger partial charge is 0.408 e. The van der Waals surface area contributed by atoms with Crippen LogP contribution in [0.4, 0.5) is 4.79 Å². The lowest BCUT2D eigenvalue weighted by Crippen LogP contribution is -2.37. The van der Waals surface area contributed by atoms with Crippen LogP contribution in [0.1, 0.15) is 37.9 Å². The van der Waals surface area contributed by atoms with Crippen molar-refractivity contribution in [1.29, 1.82) is 0 Å². The summed E-state index contributed by atoms with van der Waals surface area (Å²) in [7, 11) is 3.30. The molecule has 0 saturated carbocycles. The van der Waals surface area contributed by atoms with E-state index >= 15 is 0 Å². The fourth-order valence-corrected chi connectivity index (χ4v) is 4.81. The van der Waals surface area contributed by atoms with Crippen molar-refractivity contribution >= 4 is 17.9 Å². The van der Waals surface area contributed by atoms with Crippen LogP contribution in [0.2, 0.25) is 0 Å². The highest BCUT2D eigenvalue weighted by Crippen LogP contribution is 2.47. The van der Waals surface area contributed by atoms with Gasteiger partial charge in [-0.3, -0.25) is 0 Å². The summed E-state index contributed by atoms with van der Waals surface area (Å²) in [5.74, 6) is 1.52. The number of ether oxygens (including phenoxy) is 3. The van der Waals surface area contributed by atoms with Gasteiger partial charge in [0.1, 0.15) is 17.1 Å². The summed E-state index contributed by atoms with van der Waals surface area (Å²) in [6.45, 7) is 5.59. The monoisotopic (exact) mass is 401 g/mol. The predicted octanol–water partition coefficient (Wildman–Crippen LogP) is 4.99. The van der Waals surface area contributed by atoms with Crippen molar-refractivity contribution in [3.63, 3.8) is 0 Å². The third-order valence-corrected chi connectivity index (χ3v) is 5.89. The Morgan fingerprint density at radius 3 is 2.29 bits per heavy atom. The number of hydrogen-bond donors (Lipinski definition) is 1. The van der Waals surface area contributed by atoms with Crippen LogP contribution in [0.3, 0.4) is 0 Å². The molecule has 6 heteroatoms. The summed E-state index contributed by atoms with van der Waals surface area (Å²) in [4.78, 5) is 13.4. The van der Waals surface area contributed by atoms with Crippen molar-refractivity contribution in [2.75, 3.05) is 14.2 Å². The Balaban J connectivity index is 1.89. The van der Waals surface area contributed by atoms with Crippen LogP contribution in [0.15, 0.2) is 47.4 Å². The first-order valence-corrected chi connectivity index (χ1v) is 10.2. The molecule has 5 nitrogen and oxygen atoms in total. The number of thioether (sulfide) groups is 1. The van der Waals surface area contributed by atoms with Crippen molar-refractivity contribution in [2.24, 2.45) is 0 Å². The number of hydrogen-bond acceptors (Lipinski definition) is 5. The van der Waals surface area contributed by atoms with Gasteiger partial charge in [-0.25, -0.2) is 4.79 Å². The van der Waals surface area contributed by atoms with E-state index in [-0.39, 0.29) is 11.3 Å². The molecule has 150 valence electrons. The van der Waals surface area contributed by atoms with Crippen molar-refractivity contribution in [1.82, 2.24) is 5.32 Å². The molecule has 28 heavy (non-hydrogen) atoms. The highest BCUT2D eigenvalue weighted by molar-refractivity contribution is 8.00. The number of alkyl carbamates (subject to hydrolysis) is 1. The van der Waals surface area contributed by atoms with Crippen molar-refractivity contribution < 1.29 is 19.0 Å². The Morgan fingerprint density at radius 2 is 1.68 bits per heavy atom. The third kappa shape index (κ3) is 4.55. The van der Waals surface area contributed by atoms with Crippen LogP contribution in [0.5, 0.6) is 11.5 Å². The Hall–Kier alpha value is -2.34. The lowest BCUT2D eigenvalue weighted by molar-refractivity contribution is 0.0505. The minimum Gasteiger partial charge on any atom is -0.495 e. The van der Waals surface area contributed by atoms with Crippen molar-refractivity contribution in [2.45, 2.75) is 49.0 Å². The second-order valence-electron chi connectivity index (χ2n) is 7.67. The molecule has 0 heterocycles. The van der Waals surface area contributed by atoms with E-state index in [1.807, 2.05) is 51.1 Å². The maximum atomic E-state index is 12.5. The van der Waals surface area contributed by atoms with Gasteiger partial charge in [0, 0.05) is 5.25 Å². The molecule has 0 saturated heterocycles. The van der Waals surface area contributed by atoms with E-state index in [1.54, 1.807) is 26.0 Å². The molecule has 3 rings (SSSR count). The van der Waals surface area contributed by atoms with E-state index in [4.69, 9.17) is 14.2 Å². The molecule has 0 spiro atoms. The van der Waals surface area contributed by atoms with Gasteiger partial charge >= 0.3 is 6.09 Å². The van der Waals surface area contributed by atoms with Gasteiger partial charge < -0.3 is 19.5 Å². The van der Waals surface area contributed by atoms with Crippen molar-refractivity contribution in [3.05, 3.63) is 53.6 Å². The zero-order valence-corrected chi connectivity index (χ0v) is 17.8. The van der Waals surface area contributed by atoms with Crippen LogP contribution in [-0.2, 0) is 11.2 Å². The number of carbonyl (C=O) groups is 1. The summed E-state index contributed by atoms with van der Waals surface area (Å²) < 4.78 is 16.6. The molecule has 0 aliphatic heterocycles. The average Bonchev–Trinajstić information content (AvgIpc) is 2.97. The summed E-state index contributed by atoms with van der Waals surface area (Å²) in [5.41, 5.74) is 1.81. The number of fused-ring (bicyclic) bond motifs is 1. The van der Waals surface area contributed by atoms with Gasteiger partial charge in [-0.2, -0.15) is 0 Å². The standard InChI is InChI=1S/C22H27NO4S/c1-22(2,3)27-21(24)23-19-15-10-7-6-9-14(15)13-18(19)28-20-16(25-4)11-8-12-17(20)26-5/h6-12,18-19H,13H2,1-5H3,(H,23,24)/t18-,19-/m0/s1. The molecule has 2 atom stereocenters. The Labute approximate surface area is 170 Å². The second kappa shape index (κ2) is 8.35. The van der Waals surface area contributed by atoms with E-state index in [0.29, 0.717) is 0 Å². The molecular weight excluding hydrogens is 374 g/mol. The normalized spacial score (nSPS) is 18.3. The number of nitrogens with one attached hydrogen (secondary N) is 1. The minimum absolute atomic E-state index is 0.0927. The summed E-state index contributed by atoms with van der Waals surface area (Å²) >= 11 is 1.66. The number of amides is 1. The van der Waals surface area contributed by atoms with Gasteiger partial charge in [-0.15, -0.1) is 11.8 Å². The molecule has 0 unspecified atom stereocenters. The lowest BCUT2D eigenvalue weighted by atomic mass is 10.1. The van der Waals surface area contributed by atoms with Gasteiger partial charge in [-0.05, 0) is 50.5 Å². The molecule has 0 radical (unpaired) electrons. The average molecular weight is 402 g/mol. The van der Waals surface area contributed by atoms with Crippen LogP contribution >= 0.6 is 11.8 Å². The molecule has 0 bridgehead atoms. The fraction of sp³-hybridized carbons (Fsp3) is 0.409. The minimum atomic E-state index is -0.545. The molecule has 1 amide bonds. The first-order chi connectivity index (χ1) is 13.3. The van der Waals surface area contributed by atoms with E-state index < -0.39 is 11.7 Å². The Morgan fingerprint density at radius 1 is 1.04 bits per heavy atom. The molecule has 2 aromatic rings. The Bertz CT molecular complexity index is 824. The zero-order valence-electron chi connectivity index (χ0n) is 16.9. The van der Waals surface area contributed by atoms with Crippen LogP contribution in [0, 0.1) is 0 Å². The summed E-state index contributed by atoms with van der Waals surface area (Å²) in [5, 5.41) is 3.17. The quantitative estimate of drug-likeness (QED) is 0.765. The summed E-state index contributed by atoms with van der Waals surface area (Å²) in [6.07, 6.45) is 0.425. The molecule has 0 fully saturated rings. The number of methoxy groups -OCH3 is 2. The number of carbonyl (C=O) groups excluding carboxylic acids is 1. The van der Waals surface area contributed by atoms with Crippen LogP contribution < -0.4 is 14.8 Å². The number of benzene rings is 2. The zero-order chi connectivity index (χ0) is 20.3. The van der Waals surface area contributed by atoms with E-state index in [2.05, 4.69) is 17.4 Å². The second-order valence-corrected chi connectivity index (χ2v) is 8.92. The van der Waals surface area contributed by atoms with Gasteiger partial charge in [0.15, 0.2) is 0 Å². The molecule has 1 N–H and O–H groups in total. The van der Waals surface area contributed by atoms with Crippen molar-refractivity contribution in [3.8, 4) is 11.5 Å². The predicted molar refractivity (Wildman–Crippen MR) is 111 cm³/mol. The van der Waals surface area contributed by atoms with Gasteiger partial charge in [0.2, 0.25) is 0 Å². The van der Waals surface area contributed by atoms with E-state index in [0.717, 1.165) is 28.4 Å². The van der Waals surface area contributed by atoms with Gasteiger partial charge in [0.25, 0.3) is 0 Å². The first kappa shape index (κ1) is 20.4. The third-order valence-electron chi connectivity index (χ3n) is 4.51. The largest absolute Gasteiger partial charge is 0.495 e. The molecule has 1 aliphatic carbocycles. The molecular formula is C22H27NO4S. The fourth-order valence-electron chi connectivity index (χ4n) is 3.36. The Kier molecular flexibility index (Phi) is 6.08. The maximum absolute atomic E-state index is 12.5. The van der Waals surface area contributed by atoms with Crippen LogP contribution in [0.25, 0.3) is 0 Å². The molecule has 1 aliphatic rings. The lowest BCUT2D eigenvalue weighted by Gasteiger charge is -2.26. The summed E-state index contributed by atoms with van der Waals surface area (Å²) in [6, 6.07) is 13.8. The first-order valence-electron chi connectivity index (χ1n) is 9.27. The topological polar surface area (TPSA) is 56.8 Å².